The molecule has 2 atom stereocenters. The number of rotatable bonds is 5. The minimum absolute atomic E-state index is 0. The van der Waals surface area contributed by atoms with Gasteiger partial charge in [0.25, 0.3) is 0 Å². The SMILES string of the molecule is CCCNC(=O)CNC(=O)[C@H]1CCN[C@@H](C)C1.Cl. The molecule has 1 heterocycles. The maximum atomic E-state index is 11.8. The standard InChI is InChI=1S/C12H23N3O2.ClH/c1-3-5-14-11(16)8-15-12(17)10-4-6-13-9(2)7-10;/h9-10,13H,3-8H2,1-2H3,(H,14,16)(H,15,17);1H/t9-,10-;/m0./s1. The number of amides is 2. The summed E-state index contributed by atoms with van der Waals surface area (Å²) in [6.45, 7) is 5.71. The molecule has 0 radical (unpaired) electrons. The lowest BCUT2D eigenvalue weighted by Crippen LogP contribution is -2.45. The molecule has 1 aliphatic rings. The lowest BCUT2D eigenvalue weighted by Gasteiger charge is -2.26. The highest BCUT2D eigenvalue weighted by atomic mass is 35.5. The quantitative estimate of drug-likeness (QED) is 0.683. The molecular weight excluding hydrogens is 254 g/mol. The number of carbonyl (C=O) groups is 2. The summed E-state index contributed by atoms with van der Waals surface area (Å²) < 4.78 is 0. The molecule has 0 unspecified atom stereocenters. The Labute approximate surface area is 115 Å². The first-order chi connectivity index (χ1) is 8.13. The zero-order chi connectivity index (χ0) is 12.7. The Hall–Kier alpha value is -0.810. The molecule has 0 aromatic heterocycles. The van der Waals surface area contributed by atoms with Crippen molar-refractivity contribution in [3.8, 4) is 0 Å². The molecule has 6 heteroatoms. The van der Waals surface area contributed by atoms with Crippen LogP contribution in [0, 0.1) is 5.92 Å². The van der Waals surface area contributed by atoms with E-state index in [1.165, 1.54) is 0 Å². The topological polar surface area (TPSA) is 70.2 Å². The minimum Gasteiger partial charge on any atom is -0.355 e. The van der Waals surface area contributed by atoms with Gasteiger partial charge in [-0.25, -0.2) is 0 Å². The number of piperidine rings is 1. The van der Waals surface area contributed by atoms with E-state index in [9.17, 15) is 9.59 Å². The molecule has 3 N–H and O–H groups in total. The van der Waals surface area contributed by atoms with Crippen LogP contribution in [0.2, 0.25) is 0 Å². The molecular formula is C12H24ClN3O2. The highest BCUT2D eigenvalue weighted by molar-refractivity contribution is 5.86. The number of hydrogen-bond donors (Lipinski definition) is 3. The predicted octanol–water partition coefficient (Wildman–Crippen LogP) is 0.439. The van der Waals surface area contributed by atoms with Gasteiger partial charge in [0.05, 0.1) is 6.54 Å². The summed E-state index contributed by atoms with van der Waals surface area (Å²) in [5, 5.41) is 8.74. The molecule has 0 spiro atoms. The Morgan fingerprint density at radius 3 is 2.67 bits per heavy atom. The Morgan fingerprint density at radius 2 is 2.06 bits per heavy atom. The van der Waals surface area contributed by atoms with Crippen LogP contribution in [0.5, 0.6) is 0 Å². The van der Waals surface area contributed by atoms with Crippen molar-refractivity contribution >= 4 is 24.2 Å². The third kappa shape index (κ3) is 6.21. The van der Waals surface area contributed by atoms with Gasteiger partial charge in [0.1, 0.15) is 0 Å². The largest absolute Gasteiger partial charge is 0.355 e. The number of halogens is 1. The molecule has 1 fully saturated rings. The molecule has 1 rings (SSSR count). The Balaban J connectivity index is 0.00000289. The second kappa shape index (κ2) is 9.16. The third-order valence-corrected chi connectivity index (χ3v) is 2.99. The van der Waals surface area contributed by atoms with Gasteiger partial charge >= 0.3 is 0 Å². The number of hydrogen-bond acceptors (Lipinski definition) is 3. The highest BCUT2D eigenvalue weighted by Crippen LogP contribution is 2.15. The van der Waals surface area contributed by atoms with Crippen LogP contribution in [0.3, 0.4) is 0 Å². The summed E-state index contributed by atoms with van der Waals surface area (Å²) >= 11 is 0. The fourth-order valence-electron chi connectivity index (χ4n) is 2.01. The van der Waals surface area contributed by atoms with Crippen molar-refractivity contribution < 1.29 is 9.59 Å². The van der Waals surface area contributed by atoms with E-state index >= 15 is 0 Å². The van der Waals surface area contributed by atoms with E-state index in [-0.39, 0.29) is 36.7 Å². The fourth-order valence-corrected chi connectivity index (χ4v) is 2.01. The van der Waals surface area contributed by atoms with Gasteiger partial charge in [0.15, 0.2) is 0 Å². The second-order valence-electron chi connectivity index (χ2n) is 4.64. The maximum Gasteiger partial charge on any atom is 0.239 e. The van der Waals surface area contributed by atoms with Gasteiger partial charge in [-0.2, -0.15) is 0 Å². The molecule has 1 saturated heterocycles. The maximum absolute atomic E-state index is 11.8. The summed E-state index contributed by atoms with van der Waals surface area (Å²) in [7, 11) is 0. The van der Waals surface area contributed by atoms with E-state index in [1.54, 1.807) is 0 Å². The monoisotopic (exact) mass is 277 g/mol. The van der Waals surface area contributed by atoms with E-state index in [4.69, 9.17) is 0 Å². The van der Waals surface area contributed by atoms with E-state index in [0.717, 1.165) is 25.8 Å². The molecule has 0 saturated carbocycles. The van der Waals surface area contributed by atoms with Crippen LogP contribution in [0.25, 0.3) is 0 Å². The Bertz CT molecular complexity index is 274. The molecule has 18 heavy (non-hydrogen) atoms. The van der Waals surface area contributed by atoms with Crippen LogP contribution in [0.1, 0.15) is 33.1 Å². The Kier molecular flexibility index (Phi) is 8.75. The first-order valence-corrected chi connectivity index (χ1v) is 6.41. The van der Waals surface area contributed by atoms with Gasteiger partial charge in [-0.1, -0.05) is 6.92 Å². The zero-order valence-corrected chi connectivity index (χ0v) is 11.9. The van der Waals surface area contributed by atoms with E-state index in [0.29, 0.717) is 12.6 Å². The van der Waals surface area contributed by atoms with Crippen molar-refractivity contribution in [1.29, 1.82) is 0 Å². The van der Waals surface area contributed by atoms with E-state index in [1.807, 2.05) is 6.92 Å². The summed E-state index contributed by atoms with van der Waals surface area (Å²) in [6.07, 6.45) is 2.61. The molecule has 106 valence electrons. The van der Waals surface area contributed by atoms with E-state index in [2.05, 4.69) is 22.9 Å². The van der Waals surface area contributed by atoms with Gasteiger partial charge < -0.3 is 16.0 Å². The summed E-state index contributed by atoms with van der Waals surface area (Å²) in [5.41, 5.74) is 0. The van der Waals surface area contributed by atoms with Crippen molar-refractivity contribution in [1.82, 2.24) is 16.0 Å². The lowest BCUT2D eigenvalue weighted by molar-refractivity contribution is -0.129. The predicted molar refractivity (Wildman–Crippen MR) is 73.7 cm³/mol. The Morgan fingerprint density at radius 1 is 1.33 bits per heavy atom. The molecule has 0 aromatic rings. The summed E-state index contributed by atoms with van der Waals surface area (Å²) in [5.74, 6) is -0.0580. The van der Waals surface area contributed by atoms with Crippen molar-refractivity contribution in [3.63, 3.8) is 0 Å². The van der Waals surface area contributed by atoms with Gasteiger partial charge in [-0.3, -0.25) is 9.59 Å². The average Bonchev–Trinajstić information content (AvgIpc) is 2.33. The van der Waals surface area contributed by atoms with Crippen LogP contribution in [0.4, 0.5) is 0 Å². The van der Waals surface area contributed by atoms with E-state index < -0.39 is 0 Å². The van der Waals surface area contributed by atoms with Crippen LogP contribution in [-0.2, 0) is 9.59 Å². The van der Waals surface area contributed by atoms with Gasteiger partial charge in [0, 0.05) is 18.5 Å². The third-order valence-electron chi connectivity index (χ3n) is 2.99. The van der Waals surface area contributed by atoms with Gasteiger partial charge in [0.2, 0.25) is 11.8 Å². The fraction of sp³-hybridized carbons (Fsp3) is 0.833. The minimum atomic E-state index is -0.109. The van der Waals surface area contributed by atoms with Gasteiger partial charge in [-0.05, 0) is 32.7 Å². The van der Waals surface area contributed by atoms with Crippen molar-refractivity contribution in [2.75, 3.05) is 19.6 Å². The first kappa shape index (κ1) is 17.2. The van der Waals surface area contributed by atoms with Crippen LogP contribution >= 0.6 is 12.4 Å². The zero-order valence-electron chi connectivity index (χ0n) is 11.1. The van der Waals surface area contributed by atoms with Gasteiger partial charge in [-0.15, -0.1) is 12.4 Å². The molecule has 2 amide bonds. The normalized spacial score (nSPS) is 22.8. The lowest BCUT2D eigenvalue weighted by atomic mass is 9.92. The van der Waals surface area contributed by atoms with Crippen molar-refractivity contribution in [3.05, 3.63) is 0 Å². The second-order valence-corrected chi connectivity index (χ2v) is 4.64. The summed E-state index contributed by atoms with van der Waals surface area (Å²) in [6, 6.07) is 0.383. The molecule has 0 aliphatic carbocycles. The van der Waals surface area contributed by atoms with Crippen molar-refractivity contribution in [2.24, 2.45) is 5.92 Å². The number of nitrogens with one attached hydrogen (secondary N) is 3. The van der Waals surface area contributed by atoms with Crippen molar-refractivity contribution in [2.45, 2.75) is 39.2 Å². The first-order valence-electron chi connectivity index (χ1n) is 6.41. The molecule has 5 nitrogen and oxygen atoms in total. The molecule has 0 aromatic carbocycles. The summed E-state index contributed by atoms with van der Waals surface area (Å²) in [4.78, 5) is 23.1. The average molecular weight is 278 g/mol. The number of carbonyl (C=O) groups excluding carboxylic acids is 2. The smallest absolute Gasteiger partial charge is 0.239 e. The molecule has 1 aliphatic heterocycles. The van der Waals surface area contributed by atoms with Crippen LogP contribution in [0.15, 0.2) is 0 Å². The highest BCUT2D eigenvalue weighted by Gasteiger charge is 2.24. The molecule has 0 bridgehead atoms. The van der Waals surface area contributed by atoms with Crippen LogP contribution < -0.4 is 16.0 Å². The van der Waals surface area contributed by atoms with Crippen LogP contribution in [-0.4, -0.2) is 37.5 Å².